The predicted octanol–water partition coefficient (Wildman–Crippen LogP) is 5.24. The second kappa shape index (κ2) is 7.91. The molecule has 0 fully saturated rings. The molecule has 2 heterocycles. The number of aromatic nitrogens is 2. The Balaban J connectivity index is 2.16. The highest BCUT2D eigenvalue weighted by molar-refractivity contribution is 9.10. The monoisotopic (exact) mass is 502 g/mol. The van der Waals surface area contributed by atoms with Crippen LogP contribution in [0.15, 0.2) is 33.5 Å². The van der Waals surface area contributed by atoms with E-state index in [2.05, 4.69) is 26.2 Å². The maximum atomic E-state index is 14.7. The Labute approximate surface area is 181 Å². The van der Waals surface area contributed by atoms with Crippen molar-refractivity contribution in [2.75, 3.05) is 5.32 Å². The fraction of sp³-hybridized carbons (Fsp3) is 0.263. The van der Waals surface area contributed by atoms with E-state index in [1.54, 1.807) is 0 Å². The van der Waals surface area contributed by atoms with Gasteiger partial charge in [-0.1, -0.05) is 0 Å². The van der Waals surface area contributed by atoms with Gasteiger partial charge in [-0.15, -0.1) is 0 Å². The molecule has 0 saturated heterocycles. The average Bonchev–Trinajstić information content (AvgIpc) is 2.68. The van der Waals surface area contributed by atoms with Crippen molar-refractivity contribution < 1.29 is 22.5 Å². The smallest absolute Gasteiger partial charge is 0.363 e. The van der Waals surface area contributed by atoms with Crippen LogP contribution in [0.25, 0.3) is 10.9 Å². The summed E-state index contributed by atoms with van der Waals surface area (Å²) in [5, 5.41) is 14.2. The van der Waals surface area contributed by atoms with Crippen molar-refractivity contribution in [3.8, 4) is 0 Å². The van der Waals surface area contributed by atoms with E-state index >= 15 is 0 Å². The SMILES string of the molecule is Cc1nc(N[C@H](C)c2cc([N+](=O)[O-])cc(C(F)(F)F)c2)c2cc(Br)c(=O)n(C)c2c1F. The van der Waals surface area contributed by atoms with Crippen molar-refractivity contribution in [1.29, 1.82) is 0 Å². The number of nitrogens with one attached hydrogen (secondary N) is 1. The molecule has 0 saturated carbocycles. The number of nitrogens with zero attached hydrogens (tertiary/aromatic N) is 3. The number of non-ortho nitro benzene ring substituents is 1. The molecule has 0 bridgehead atoms. The van der Waals surface area contributed by atoms with E-state index in [0.717, 1.165) is 16.7 Å². The second-order valence-corrected chi connectivity index (χ2v) is 7.77. The highest BCUT2D eigenvalue weighted by atomic mass is 79.9. The molecular weight excluding hydrogens is 488 g/mol. The summed E-state index contributed by atoms with van der Waals surface area (Å²) in [6, 6.07) is 2.78. The Morgan fingerprint density at radius 2 is 1.90 bits per heavy atom. The molecule has 2 aromatic heterocycles. The highest BCUT2D eigenvalue weighted by Crippen LogP contribution is 2.35. The number of fused-ring (bicyclic) bond motifs is 1. The van der Waals surface area contributed by atoms with Gasteiger partial charge in [0.1, 0.15) is 5.82 Å². The minimum Gasteiger partial charge on any atom is -0.363 e. The molecule has 1 N–H and O–H groups in total. The normalized spacial score (nSPS) is 12.8. The summed E-state index contributed by atoms with van der Waals surface area (Å²) in [6.07, 6.45) is -4.78. The molecule has 1 aromatic carbocycles. The van der Waals surface area contributed by atoms with Crippen molar-refractivity contribution >= 4 is 38.3 Å². The Hall–Kier alpha value is -3.02. The first-order valence-electron chi connectivity index (χ1n) is 8.79. The maximum Gasteiger partial charge on any atom is 0.416 e. The van der Waals surface area contributed by atoms with Crippen LogP contribution in [-0.4, -0.2) is 14.5 Å². The van der Waals surface area contributed by atoms with E-state index in [1.807, 2.05) is 0 Å². The Morgan fingerprint density at radius 3 is 2.48 bits per heavy atom. The largest absolute Gasteiger partial charge is 0.416 e. The molecule has 164 valence electrons. The number of pyridine rings is 2. The van der Waals surface area contributed by atoms with Crippen LogP contribution in [0.3, 0.4) is 0 Å². The van der Waals surface area contributed by atoms with Gasteiger partial charge in [-0.05, 0) is 47.5 Å². The predicted molar refractivity (Wildman–Crippen MR) is 110 cm³/mol. The topological polar surface area (TPSA) is 90.1 Å². The lowest BCUT2D eigenvalue weighted by atomic mass is 10.0. The molecular formula is C19H15BrF4N4O3. The zero-order valence-corrected chi connectivity index (χ0v) is 17.9. The number of aryl methyl sites for hydroxylation is 2. The van der Waals surface area contributed by atoms with E-state index < -0.39 is 39.8 Å². The first kappa shape index (κ1) is 22.7. The van der Waals surface area contributed by atoms with Crippen molar-refractivity contribution in [3.63, 3.8) is 0 Å². The fourth-order valence-corrected chi connectivity index (χ4v) is 3.64. The molecule has 3 aromatic rings. The van der Waals surface area contributed by atoms with E-state index in [-0.39, 0.29) is 32.5 Å². The Morgan fingerprint density at radius 1 is 1.26 bits per heavy atom. The zero-order valence-electron chi connectivity index (χ0n) is 16.3. The summed E-state index contributed by atoms with van der Waals surface area (Å²) in [5.41, 5.74) is -2.44. The standard InChI is InChI=1S/C19H15BrF4N4O3/c1-8(10-4-11(19(22,23)24)6-12(5-10)28(30)31)25-17-13-7-14(20)18(29)27(3)16(13)15(21)9(2)26-17/h4-8H,1-3H3,(H,25,26)/t8-/m1/s1. The van der Waals surface area contributed by atoms with Crippen LogP contribution in [0.4, 0.5) is 29.1 Å². The minimum atomic E-state index is -4.78. The number of anilines is 1. The van der Waals surface area contributed by atoms with Crippen molar-refractivity contribution in [3.05, 3.63) is 71.8 Å². The highest BCUT2D eigenvalue weighted by Gasteiger charge is 2.33. The number of rotatable bonds is 4. The van der Waals surface area contributed by atoms with Gasteiger partial charge in [-0.2, -0.15) is 13.2 Å². The molecule has 0 radical (unpaired) electrons. The number of halogens is 5. The van der Waals surface area contributed by atoms with Gasteiger partial charge in [-0.3, -0.25) is 14.9 Å². The maximum absolute atomic E-state index is 14.7. The molecule has 0 aliphatic rings. The third-order valence-corrected chi connectivity index (χ3v) is 5.33. The molecule has 0 aliphatic heterocycles. The molecule has 0 spiro atoms. The third-order valence-electron chi connectivity index (χ3n) is 4.76. The second-order valence-electron chi connectivity index (χ2n) is 6.91. The first-order chi connectivity index (χ1) is 14.3. The number of benzene rings is 1. The molecule has 3 rings (SSSR count). The lowest BCUT2D eigenvalue weighted by Gasteiger charge is -2.19. The lowest BCUT2D eigenvalue weighted by molar-refractivity contribution is -0.385. The van der Waals surface area contributed by atoms with Crippen LogP contribution in [0, 0.1) is 22.9 Å². The van der Waals surface area contributed by atoms with Crippen molar-refractivity contribution in [2.24, 2.45) is 7.05 Å². The molecule has 7 nitrogen and oxygen atoms in total. The molecule has 12 heteroatoms. The van der Waals surface area contributed by atoms with Gasteiger partial charge in [0.15, 0.2) is 5.82 Å². The van der Waals surface area contributed by atoms with Gasteiger partial charge < -0.3 is 9.88 Å². The van der Waals surface area contributed by atoms with E-state index in [0.29, 0.717) is 6.07 Å². The van der Waals surface area contributed by atoms with Crippen molar-refractivity contribution in [1.82, 2.24) is 9.55 Å². The summed E-state index contributed by atoms with van der Waals surface area (Å²) >= 11 is 3.10. The molecule has 0 aliphatic carbocycles. The zero-order chi connectivity index (χ0) is 23.2. The molecule has 0 amide bonds. The molecule has 31 heavy (non-hydrogen) atoms. The minimum absolute atomic E-state index is 0.0117. The first-order valence-corrected chi connectivity index (χ1v) is 9.59. The lowest BCUT2D eigenvalue weighted by Crippen LogP contribution is -2.20. The van der Waals surface area contributed by atoms with Crippen LogP contribution in [-0.2, 0) is 13.2 Å². The summed E-state index contributed by atoms with van der Waals surface area (Å²) in [4.78, 5) is 26.5. The fourth-order valence-electron chi connectivity index (χ4n) is 3.15. The number of hydrogen-bond acceptors (Lipinski definition) is 5. The Bertz CT molecular complexity index is 1270. The van der Waals surface area contributed by atoms with E-state index in [4.69, 9.17) is 0 Å². The molecule has 0 unspecified atom stereocenters. The number of hydrogen-bond donors (Lipinski definition) is 1. The van der Waals surface area contributed by atoms with E-state index in [1.165, 1.54) is 27.0 Å². The Kier molecular flexibility index (Phi) is 5.78. The van der Waals surface area contributed by atoms with Crippen LogP contribution in [0.5, 0.6) is 0 Å². The van der Waals surface area contributed by atoms with Gasteiger partial charge in [0, 0.05) is 24.6 Å². The number of alkyl halides is 3. The van der Waals surface area contributed by atoms with Crippen LogP contribution < -0.4 is 10.9 Å². The van der Waals surface area contributed by atoms with Gasteiger partial charge in [0.2, 0.25) is 0 Å². The van der Waals surface area contributed by atoms with Crippen LogP contribution in [0.2, 0.25) is 0 Å². The van der Waals surface area contributed by atoms with Gasteiger partial charge in [-0.25, -0.2) is 9.37 Å². The summed E-state index contributed by atoms with van der Waals surface area (Å²) in [6.45, 7) is 2.87. The van der Waals surface area contributed by atoms with Gasteiger partial charge in [0.05, 0.1) is 32.2 Å². The summed E-state index contributed by atoms with van der Waals surface area (Å²) in [5.74, 6) is -0.604. The number of nitro groups is 1. The number of nitro benzene ring substituents is 1. The quantitative estimate of drug-likeness (QED) is 0.299. The van der Waals surface area contributed by atoms with Crippen molar-refractivity contribution in [2.45, 2.75) is 26.1 Å². The summed E-state index contributed by atoms with van der Waals surface area (Å²) < 4.78 is 55.5. The average molecular weight is 503 g/mol. The van der Waals surface area contributed by atoms with E-state index in [9.17, 15) is 32.5 Å². The van der Waals surface area contributed by atoms with Crippen LogP contribution in [0.1, 0.15) is 29.8 Å². The van der Waals surface area contributed by atoms with Crippen LogP contribution >= 0.6 is 15.9 Å². The third kappa shape index (κ3) is 4.24. The van der Waals surface area contributed by atoms with Gasteiger partial charge in [0.25, 0.3) is 11.2 Å². The summed E-state index contributed by atoms with van der Waals surface area (Å²) in [7, 11) is 1.38. The van der Waals surface area contributed by atoms with Gasteiger partial charge >= 0.3 is 6.18 Å². The molecule has 1 atom stereocenters.